The minimum Gasteiger partial charge on any atom is -0.255 e. The Morgan fingerprint density at radius 2 is 2.12 bits per heavy atom. The molecule has 0 N–H and O–H groups in total. The van der Waals surface area contributed by atoms with Crippen LogP contribution in [0, 0.1) is 0 Å². The average molecular weight is 248 g/mol. The van der Waals surface area contributed by atoms with E-state index in [9.17, 15) is 0 Å². The minimum absolute atomic E-state index is 0.727. The molecule has 0 atom stereocenters. The number of pyridine rings is 1. The Morgan fingerprint density at radius 3 is 2.88 bits per heavy atom. The zero-order valence-corrected chi connectivity index (χ0v) is 9.66. The van der Waals surface area contributed by atoms with Gasteiger partial charge in [0.2, 0.25) is 0 Å². The zero-order valence-electron chi connectivity index (χ0n) is 8.09. The summed E-state index contributed by atoms with van der Waals surface area (Å²) in [5.74, 6) is 0. The Morgan fingerprint density at radius 1 is 1.19 bits per heavy atom. The summed E-state index contributed by atoms with van der Waals surface area (Å²) in [6.45, 7) is 0. The SMILES string of the molecule is Clc1ccnc2cc(-c3cccnn3)sc12. The van der Waals surface area contributed by atoms with Crippen LogP contribution in [0.2, 0.25) is 5.02 Å². The Balaban J connectivity index is 2.23. The topological polar surface area (TPSA) is 38.7 Å². The van der Waals surface area contributed by atoms with E-state index in [2.05, 4.69) is 15.2 Å². The standard InChI is InChI=1S/C11H6ClN3S/c12-7-3-5-13-9-6-10(16-11(7)9)8-2-1-4-14-15-8/h1-6H. The van der Waals surface area contributed by atoms with Crippen molar-refractivity contribution in [3.05, 3.63) is 41.7 Å². The van der Waals surface area contributed by atoms with Gasteiger partial charge in [0.25, 0.3) is 0 Å². The molecule has 0 saturated carbocycles. The van der Waals surface area contributed by atoms with Gasteiger partial charge in [-0.3, -0.25) is 4.98 Å². The number of fused-ring (bicyclic) bond motifs is 1. The van der Waals surface area contributed by atoms with Gasteiger partial charge in [-0.2, -0.15) is 5.10 Å². The molecule has 78 valence electrons. The van der Waals surface area contributed by atoms with E-state index in [1.807, 2.05) is 18.2 Å². The van der Waals surface area contributed by atoms with E-state index in [0.717, 1.165) is 25.8 Å². The van der Waals surface area contributed by atoms with Crippen LogP contribution in [0.3, 0.4) is 0 Å². The molecule has 0 bridgehead atoms. The molecular formula is C11H6ClN3S. The van der Waals surface area contributed by atoms with Crippen molar-refractivity contribution in [1.82, 2.24) is 15.2 Å². The van der Waals surface area contributed by atoms with Gasteiger partial charge in [0.15, 0.2) is 0 Å². The van der Waals surface area contributed by atoms with E-state index in [-0.39, 0.29) is 0 Å². The highest BCUT2D eigenvalue weighted by molar-refractivity contribution is 7.22. The van der Waals surface area contributed by atoms with Gasteiger partial charge in [0, 0.05) is 12.4 Å². The molecule has 3 aromatic heterocycles. The number of hydrogen-bond donors (Lipinski definition) is 0. The van der Waals surface area contributed by atoms with Gasteiger partial charge in [0.05, 0.1) is 20.1 Å². The largest absolute Gasteiger partial charge is 0.255 e. The molecule has 5 heteroatoms. The van der Waals surface area contributed by atoms with Gasteiger partial charge in [-0.25, -0.2) is 0 Å². The predicted octanol–water partition coefficient (Wildman–Crippen LogP) is 3.41. The molecule has 16 heavy (non-hydrogen) atoms. The van der Waals surface area contributed by atoms with Crippen molar-refractivity contribution in [2.75, 3.05) is 0 Å². The fraction of sp³-hybridized carbons (Fsp3) is 0. The molecule has 0 unspecified atom stereocenters. The van der Waals surface area contributed by atoms with Crippen molar-refractivity contribution < 1.29 is 0 Å². The van der Waals surface area contributed by atoms with E-state index in [1.54, 1.807) is 29.8 Å². The first-order valence-electron chi connectivity index (χ1n) is 4.67. The van der Waals surface area contributed by atoms with Crippen LogP contribution in [0.25, 0.3) is 20.8 Å². The third-order valence-electron chi connectivity index (χ3n) is 2.19. The monoisotopic (exact) mass is 247 g/mol. The number of thiophene rings is 1. The molecule has 3 nitrogen and oxygen atoms in total. The molecule has 0 saturated heterocycles. The van der Waals surface area contributed by atoms with Crippen LogP contribution >= 0.6 is 22.9 Å². The maximum atomic E-state index is 6.09. The summed E-state index contributed by atoms with van der Waals surface area (Å²) in [5.41, 5.74) is 1.75. The number of hydrogen-bond acceptors (Lipinski definition) is 4. The third kappa shape index (κ3) is 1.56. The van der Waals surface area contributed by atoms with Crippen LogP contribution in [0.1, 0.15) is 0 Å². The van der Waals surface area contributed by atoms with Crippen LogP contribution in [0.4, 0.5) is 0 Å². The van der Waals surface area contributed by atoms with E-state index in [0.29, 0.717) is 0 Å². The fourth-order valence-corrected chi connectivity index (χ4v) is 2.72. The molecule has 0 aliphatic rings. The number of halogens is 1. The lowest BCUT2D eigenvalue weighted by Gasteiger charge is -1.91. The predicted molar refractivity (Wildman–Crippen MR) is 65.7 cm³/mol. The van der Waals surface area contributed by atoms with Crippen molar-refractivity contribution in [2.45, 2.75) is 0 Å². The van der Waals surface area contributed by atoms with Crippen LogP contribution in [-0.4, -0.2) is 15.2 Å². The second-order valence-electron chi connectivity index (χ2n) is 3.23. The molecule has 0 amide bonds. The molecule has 0 aliphatic heterocycles. The highest BCUT2D eigenvalue weighted by Gasteiger charge is 2.08. The first-order chi connectivity index (χ1) is 7.84. The molecule has 3 heterocycles. The zero-order chi connectivity index (χ0) is 11.0. The molecule has 0 aromatic carbocycles. The van der Waals surface area contributed by atoms with Gasteiger partial charge >= 0.3 is 0 Å². The lowest BCUT2D eigenvalue weighted by Crippen LogP contribution is -1.81. The van der Waals surface area contributed by atoms with Crippen molar-refractivity contribution in [2.24, 2.45) is 0 Å². The van der Waals surface area contributed by atoms with Crippen LogP contribution in [0.15, 0.2) is 36.7 Å². The van der Waals surface area contributed by atoms with Gasteiger partial charge in [-0.1, -0.05) is 11.6 Å². The fourth-order valence-electron chi connectivity index (χ4n) is 1.47. The average Bonchev–Trinajstić information content (AvgIpc) is 2.76. The quantitative estimate of drug-likeness (QED) is 0.662. The Kier molecular flexibility index (Phi) is 2.31. The molecule has 0 radical (unpaired) electrons. The van der Waals surface area contributed by atoms with E-state index in [4.69, 9.17) is 11.6 Å². The maximum Gasteiger partial charge on any atom is 0.103 e. The van der Waals surface area contributed by atoms with Crippen molar-refractivity contribution in [1.29, 1.82) is 0 Å². The number of nitrogens with zero attached hydrogens (tertiary/aromatic N) is 3. The summed E-state index contributed by atoms with van der Waals surface area (Å²) in [7, 11) is 0. The van der Waals surface area contributed by atoms with Gasteiger partial charge in [0.1, 0.15) is 5.69 Å². The van der Waals surface area contributed by atoms with Crippen LogP contribution in [-0.2, 0) is 0 Å². The Hall–Kier alpha value is -1.52. The lowest BCUT2D eigenvalue weighted by molar-refractivity contribution is 1.04. The third-order valence-corrected chi connectivity index (χ3v) is 3.80. The molecule has 0 aliphatic carbocycles. The second kappa shape index (κ2) is 3.81. The van der Waals surface area contributed by atoms with Crippen LogP contribution < -0.4 is 0 Å². The van der Waals surface area contributed by atoms with E-state index >= 15 is 0 Å². The van der Waals surface area contributed by atoms with Crippen molar-refractivity contribution in [3.8, 4) is 10.6 Å². The summed E-state index contributed by atoms with van der Waals surface area (Å²) < 4.78 is 0.991. The normalized spacial score (nSPS) is 10.8. The lowest BCUT2D eigenvalue weighted by atomic mass is 10.3. The number of aromatic nitrogens is 3. The highest BCUT2D eigenvalue weighted by Crippen LogP contribution is 2.34. The van der Waals surface area contributed by atoms with E-state index in [1.165, 1.54) is 0 Å². The summed E-state index contributed by atoms with van der Waals surface area (Å²) in [4.78, 5) is 5.30. The summed E-state index contributed by atoms with van der Waals surface area (Å²) in [6, 6.07) is 7.56. The molecule has 3 rings (SSSR count). The van der Waals surface area contributed by atoms with E-state index < -0.39 is 0 Å². The van der Waals surface area contributed by atoms with Gasteiger partial charge in [-0.15, -0.1) is 16.4 Å². The van der Waals surface area contributed by atoms with Crippen molar-refractivity contribution >= 4 is 33.2 Å². The molecular weight excluding hydrogens is 242 g/mol. The number of rotatable bonds is 1. The molecule has 3 aromatic rings. The smallest absolute Gasteiger partial charge is 0.103 e. The van der Waals surface area contributed by atoms with Gasteiger partial charge < -0.3 is 0 Å². The Bertz CT molecular complexity index is 636. The highest BCUT2D eigenvalue weighted by atomic mass is 35.5. The molecule has 0 spiro atoms. The summed E-state index contributed by atoms with van der Waals surface area (Å²) in [5, 5.41) is 8.65. The first kappa shape index (κ1) is 9.69. The minimum atomic E-state index is 0.727. The summed E-state index contributed by atoms with van der Waals surface area (Å²) in [6.07, 6.45) is 3.36. The second-order valence-corrected chi connectivity index (χ2v) is 4.69. The van der Waals surface area contributed by atoms with Crippen LogP contribution in [0.5, 0.6) is 0 Å². The first-order valence-corrected chi connectivity index (χ1v) is 5.86. The maximum absolute atomic E-state index is 6.09. The Labute approximate surface area is 101 Å². The summed E-state index contributed by atoms with van der Waals surface area (Å²) >= 11 is 7.67. The van der Waals surface area contributed by atoms with Gasteiger partial charge in [-0.05, 0) is 24.3 Å². The van der Waals surface area contributed by atoms with Crippen molar-refractivity contribution in [3.63, 3.8) is 0 Å². The molecule has 0 fully saturated rings.